The number of nitrogens with zero attached hydrogens (tertiary/aromatic N) is 2. The Bertz CT molecular complexity index is 654. The molecular weight excluding hydrogens is 301 g/mol. The van der Waals surface area contributed by atoms with Crippen LogP contribution in [0.2, 0.25) is 0 Å². The van der Waals surface area contributed by atoms with Gasteiger partial charge in [-0.05, 0) is 19.9 Å². The second-order valence-corrected chi connectivity index (χ2v) is 6.87. The molecule has 0 bridgehead atoms. The van der Waals surface area contributed by atoms with E-state index in [0.717, 1.165) is 12.1 Å². The first-order valence-corrected chi connectivity index (χ1v) is 7.87. The van der Waals surface area contributed by atoms with E-state index in [9.17, 15) is 22.9 Å². The number of piperazine rings is 1. The van der Waals surface area contributed by atoms with E-state index in [2.05, 4.69) is 5.32 Å². The van der Waals surface area contributed by atoms with Crippen molar-refractivity contribution in [2.45, 2.75) is 30.8 Å². The molecule has 1 aromatic rings. The fraction of sp³-hybridized carbons (Fsp3) is 0.500. The Kier molecular flexibility index (Phi) is 4.26. The fourth-order valence-corrected chi connectivity index (χ4v) is 4.38. The zero-order valence-corrected chi connectivity index (χ0v) is 12.4. The van der Waals surface area contributed by atoms with E-state index in [4.69, 9.17) is 0 Å². The average molecular weight is 317 g/mol. The highest BCUT2D eigenvalue weighted by molar-refractivity contribution is 7.89. The second kappa shape index (κ2) is 5.66. The largest absolute Gasteiger partial charge is 0.314 e. The van der Waals surface area contributed by atoms with Gasteiger partial charge in [0.2, 0.25) is 10.0 Å². The molecule has 2 unspecified atom stereocenters. The monoisotopic (exact) mass is 317 g/mol. The van der Waals surface area contributed by atoms with Crippen LogP contribution in [-0.2, 0) is 10.0 Å². The van der Waals surface area contributed by atoms with Gasteiger partial charge >= 0.3 is 0 Å². The van der Waals surface area contributed by atoms with Crippen molar-refractivity contribution in [2.75, 3.05) is 13.1 Å². The molecule has 1 aliphatic rings. The summed E-state index contributed by atoms with van der Waals surface area (Å²) in [6.45, 7) is 4.39. The molecule has 0 aliphatic carbocycles. The lowest BCUT2D eigenvalue weighted by Gasteiger charge is -2.38. The molecule has 0 spiro atoms. The van der Waals surface area contributed by atoms with Gasteiger partial charge in [-0.2, -0.15) is 4.31 Å². The molecule has 116 valence electrons. The van der Waals surface area contributed by atoms with Gasteiger partial charge in [0.1, 0.15) is 10.7 Å². The van der Waals surface area contributed by atoms with Gasteiger partial charge in [-0.3, -0.25) is 10.1 Å². The molecule has 0 aromatic heterocycles. The Balaban J connectivity index is 2.46. The van der Waals surface area contributed by atoms with Crippen molar-refractivity contribution in [3.63, 3.8) is 0 Å². The lowest BCUT2D eigenvalue weighted by atomic mass is 10.2. The van der Waals surface area contributed by atoms with Crippen LogP contribution in [0.1, 0.15) is 13.8 Å². The van der Waals surface area contributed by atoms with Gasteiger partial charge in [0, 0.05) is 31.2 Å². The first-order chi connectivity index (χ1) is 9.75. The molecule has 1 heterocycles. The Morgan fingerprint density at radius 1 is 1.33 bits per heavy atom. The third-order valence-electron chi connectivity index (χ3n) is 3.43. The van der Waals surface area contributed by atoms with Crippen LogP contribution >= 0.6 is 0 Å². The summed E-state index contributed by atoms with van der Waals surface area (Å²) in [5.41, 5.74) is -0.479. The Labute approximate surface area is 122 Å². The highest BCUT2D eigenvalue weighted by Gasteiger charge is 2.37. The van der Waals surface area contributed by atoms with Gasteiger partial charge in [-0.1, -0.05) is 0 Å². The summed E-state index contributed by atoms with van der Waals surface area (Å²) in [6.07, 6.45) is 0. The molecule has 2 rings (SSSR count). The number of nitrogens with one attached hydrogen (secondary N) is 1. The molecule has 7 nitrogen and oxygen atoms in total. The van der Waals surface area contributed by atoms with Crippen molar-refractivity contribution in [3.8, 4) is 0 Å². The van der Waals surface area contributed by atoms with Gasteiger partial charge < -0.3 is 5.32 Å². The predicted octanol–water partition coefficient (Wildman–Crippen LogP) is 1.10. The quantitative estimate of drug-likeness (QED) is 0.666. The molecule has 0 radical (unpaired) electrons. The summed E-state index contributed by atoms with van der Waals surface area (Å²) < 4.78 is 40.4. The van der Waals surface area contributed by atoms with Crippen LogP contribution in [0.15, 0.2) is 23.1 Å². The van der Waals surface area contributed by atoms with Crippen molar-refractivity contribution < 1.29 is 17.7 Å². The minimum absolute atomic E-state index is 0.326. The van der Waals surface area contributed by atoms with Crippen LogP contribution in [0.3, 0.4) is 0 Å². The van der Waals surface area contributed by atoms with Crippen molar-refractivity contribution >= 4 is 15.7 Å². The van der Waals surface area contributed by atoms with E-state index in [0.29, 0.717) is 19.2 Å². The molecule has 1 aliphatic heterocycles. The highest BCUT2D eigenvalue weighted by atomic mass is 32.2. The lowest BCUT2D eigenvalue weighted by molar-refractivity contribution is -0.385. The second-order valence-electron chi connectivity index (χ2n) is 5.06. The third-order valence-corrected chi connectivity index (χ3v) is 5.59. The minimum atomic E-state index is -4.04. The van der Waals surface area contributed by atoms with Crippen molar-refractivity contribution in [2.24, 2.45) is 0 Å². The predicted molar refractivity (Wildman–Crippen MR) is 73.9 cm³/mol. The highest BCUT2D eigenvalue weighted by Crippen LogP contribution is 2.27. The van der Waals surface area contributed by atoms with E-state index in [-0.39, 0.29) is 12.1 Å². The van der Waals surface area contributed by atoms with Crippen LogP contribution in [0.4, 0.5) is 10.1 Å². The molecule has 0 saturated carbocycles. The Hall–Kier alpha value is -1.58. The summed E-state index contributed by atoms with van der Waals surface area (Å²) in [5, 5.41) is 13.7. The summed E-state index contributed by atoms with van der Waals surface area (Å²) in [6, 6.07) is 1.92. The van der Waals surface area contributed by atoms with E-state index < -0.39 is 31.3 Å². The number of benzene rings is 1. The fourth-order valence-electron chi connectivity index (χ4n) is 2.52. The summed E-state index contributed by atoms with van der Waals surface area (Å²) in [4.78, 5) is 9.29. The van der Waals surface area contributed by atoms with E-state index in [1.165, 1.54) is 4.31 Å². The van der Waals surface area contributed by atoms with Gasteiger partial charge in [-0.15, -0.1) is 0 Å². The maximum Gasteiger partial charge on any atom is 0.272 e. The van der Waals surface area contributed by atoms with Crippen LogP contribution in [0, 0.1) is 15.9 Å². The van der Waals surface area contributed by atoms with E-state index >= 15 is 0 Å². The van der Waals surface area contributed by atoms with Crippen LogP contribution < -0.4 is 5.32 Å². The number of nitro groups is 1. The smallest absolute Gasteiger partial charge is 0.272 e. The van der Waals surface area contributed by atoms with Crippen LogP contribution in [0.25, 0.3) is 0 Å². The van der Waals surface area contributed by atoms with Gasteiger partial charge in [0.05, 0.1) is 11.0 Å². The van der Waals surface area contributed by atoms with Crippen molar-refractivity contribution in [1.82, 2.24) is 9.62 Å². The number of hydrogen-bond donors (Lipinski definition) is 1. The summed E-state index contributed by atoms with van der Waals surface area (Å²) in [5.74, 6) is -1.11. The number of rotatable bonds is 3. The topological polar surface area (TPSA) is 92.6 Å². The number of hydrogen-bond acceptors (Lipinski definition) is 5. The summed E-state index contributed by atoms with van der Waals surface area (Å²) >= 11 is 0. The standard InChI is InChI=1S/C12H16FN3O4S/c1-8-6-14-7-9(2)15(8)21(19,20)12-4-3-10(16(17)18)5-11(12)13/h3-5,8-9,14H,6-7H2,1-2H3. The SMILES string of the molecule is CC1CNCC(C)N1S(=O)(=O)c1ccc([N+](=O)[O-])cc1F. The molecule has 0 amide bonds. The van der Waals surface area contributed by atoms with E-state index in [1.807, 2.05) is 0 Å². The molecule has 21 heavy (non-hydrogen) atoms. The van der Waals surface area contributed by atoms with Crippen LogP contribution in [0.5, 0.6) is 0 Å². The first-order valence-electron chi connectivity index (χ1n) is 6.43. The maximum absolute atomic E-state index is 14.0. The Morgan fingerprint density at radius 3 is 2.38 bits per heavy atom. The molecule has 1 saturated heterocycles. The third kappa shape index (κ3) is 2.89. The lowest BCUT2D eigenvalue weighted by Crippen LogP contribution is -2.57. The molecule has 9 heteroatoms. The Morgan fingerprint density at radius 2 is 1.90 bits per heavy atom. The molecule has 1 N–H and O–H groups in total. The molecule has 1 fully saturated rings. The number of nitro benzene ring substituents is 1. The van der Waals surface area contributed by atoms with Gasteiger partial charge in [0.15, 0.2) is 0 Å². The van der Waals surface area contributed by atoms with Crippen molar-refractivity contribution in [1.29, 1.82) is 0 Å². The number of sulfonamides is 1. The van der Waals surface area contributed by atoms with Gasteiger partial charge in [0.25, 0.3) is 5.69 Å². The summed E-state index contributed by atoms with van der Waals surface area (Å²) in [7, 11) is -4.04. The normalized spacial score (nSPS) is 24.0. The minimum Gasteiger partial charge on any atom is -0.314 e. The van der Waals surface area contributed by atoms with Gasteiger partial charge in [-0.25, -0.2) is 12.8 Å². The molecule has 2 atom stereocenters. The average Bonchev–Trinajstić information content (AvgIpc) is 2.37. The van der Waals surface area contributed by atoms with Crippen molar-refractivity contribution in [3.05, 3.63) is 34.1 Å². The zero-order valence-electron chi connectivity index (χ0n) is 11.6. The first kappa shape index (κ1) is 15.8. The van der Waals surface area contributed by atoms with E-state index in [1.54, 1.807) is 13.8 Å². The molecular formula is C12H16FN3O4S. The number of non-ortho nitro benzene ring substituents is 1. The molecule has 1 aromatic carbocycles. The van der Waals surface area contributed by atoms with Crippen LogP contribution in [-0.4, -0.2) is 42.8 Å². The number of halogens is 1. The zero-order chi connectivity index (χ0) is 15.8. The maximum atomic E-state index is 14.0.